The summed E-state index contributed by atoms with van der Waals surface area (Å²) in [7, 11) is 0. The zero-order chi connectivity index (χ0) is 14.2. The highest BCUT2D eigenvalue weighted by molar-refractivity contribution is 5.03. The lowest BCUT2D eigenvalue weighted by Crippen LogP contribution is -2.41. The second-order valence-corrected chi connectivity index (χ2v) is 8.36. The topological polar surface area (TPSA) is 21.3 Å². The van der Waals surface area contributed by atoms with Gasteiger partial charge in [0.15, 0.2) is 0 Å². The third-order valence-corrected chi connectivity index (χ3v) is 6.19. The van der Waals surface area contributed by atoms with E-state index in [4.69, 9.17) is 4.74 Å². The van der Waals surface area contributed by atoms with Crippen molar-refractivity contribution < 1.29 is 4.74 Å². The van der Waals surface area contributed by atoms with Gasteiger partial charge < -0.3 is 10.1 Å². The molecule has 0 spiro atoms. The van der Waals surface area contributed by atoms with Crippen LogP contribution in [0.2, 0.25) is 0 Å². The van der Waals surface area contributed by atoms with Crippen LogP contribution in [-0.2, 0) is 4.74 Å². The molecule has 3 fully saturated rings. The Morgan fingerprint density at radius 1 is 1.20 bits per heavy atom. The molecule has 2 saturated carbocycles. The summed E-state index contributed by atoms with van der Waals surface area (Å²) in [5.74, 6) is 2.00. The summed E-state index contributed by atoms with van der Waals surface area (Å²) in [4.78, 5) is 0. The molecule has 4 unspecified atom stereocenters. The van der Waals surface area contributed by atoms with Gasteiger partial charge in [0.1, 0.15) is 0 Å². The Bertz CT molecular complexity index is 340. The van der Waals surface area contributed by atoms with E-state index in [9.17, 15) is 0 Å². The Balaban J connectivity index is 1.64. The van der Waals surface area contributed by atoms with Gasteiger partial charge in [0.25, 0.3) is 0 Å². The van der Waals surface area contributed by atoms with Crippen molar-refractivity contribution in [3.05, 3.63) is 0 Å². The molecular weight excluding hydrogens is 246 g/mol. The highest BCUT2D eigenvalue weighted by Crippen LogP contribution is 2.58. The maximum absolute atomic E-state index is 6.32. The molecule has 1 saturated heterocycles. The van der Waals surface area contributed by atoms with Crippen molar-refractivity contribution in [2.75, 3.05) is 13.1 Å². The van der Waals surface area contributed by atoms with Gasteiger partial charge in [0.05, 0.1) is 11.7 Å². The van der Waals surface area contributed by atoms with Gasteiger partial charge >= 0.3 is 0 Å². The smallest absolute Gasteiger partial charge is 0.0631 e. The molecule has 2 bridgehead atoms. The fourth-order valence-corrected chi connectivity index (χ4v) is 5.29. The monoisotopic (exact) mass is 279 g/mol. The molecule has 3 rings (SSSR count). The summed E-state index contributed by atoms with van der Waals surface area (Å²) in [6.07, 6.45) is 11.5. The molecule has 20 heavy (non-hydrogen) atoms. The summed E-state index contributed by atoms with van der Waals surface area (Å²) in [6, 6.07) is 0. The maximum atomic E-state index is 6.32. The molecule has 0 radical (unpaired) electrons. The molecule has 2 heteroatoms. The van der Waals surface area contributed by atoms with Gasteiger partial charge in [0, 0.05) is 6.54 Å². The summed E-state index contributed by atoms with van der Waals surface area (Å²) in [6.45, 7) is 9.20. The van der Waals surface area contributed by atoms with Crippen LogP contribution >= 0.6 is 0 Å². The van der Waals surface area contributed by atoms with E-state index >= 15 is 0 Å². The van der Waals surface area contributed by atoms with Crippen LogP contribution in [0.5, 0.6) is 0 Å². The van der Waals surface area contributed by atoms with Crippen LogP contribution < -0.4 is 5.32 Å². The van der Waals surface area contributed by atoms with Crippen molar-refractivity contribution in [2.45, 2.75) is 83.8 Å². The molecule has 0 aromatic heterocycles. The fourth-order valence-electron chi connectivity index (χ4n) is 5.29. The van der Waals surface area contributed by atoms with E-state index in [1.165, 1.54) is 64.5 Å². The van der Waals surface area contributed by atoms with Crippen LogP contribution in [0.1, 0.15) is 72.1 Å². The molecule has 4 atom stereocenters. The van der Waals surface area contributed by atoms with Crippen molar-refractivity contribution in [1.29, 1.82) is 0 Å². The van der Waals surface area contributed by atoms with E-state index in [2.05, 4.69) is 26.1 Å². The van der Waals surface area contributed by atoms with Gasteiger partial charge in [0.2, 0.25) is 0 Å². The zero-order valence-corrected chi connectivity index (χ0v) is 13.7. The molecule has 0 aromatic rings. The van der Waals surface area contributed by atoms with Gasteiger partial charge in [-0.1, -0.05) is 13.3 Å². The lowest BCUT2D eigenvalue weighted by atomic mass is 9.69. The maximum Gasteiger partial charge on any atom is 0.0631 e. The summed E-state index contributed by atoms with van der Waals surface area (Å²) in [5, 5.41) is 3.74. The predicted molar refractivity (Wildman–Crippen MR) is 83.8 cm³/mol. The first-order valence-electron chi connectivity index (χ1n) is 8.91. The Morgan fingerprint density at radius 2 is 2.05 bits per heavy atom. The minimum absolute atomic E-state index is 0.125. The zero-order valence-electron chi connectivity index (χ0n) is 13.7. The van der Waals surface area contributed by atoms with E-state index in [1.54, 1.807) is 0 Å². The second-order valence-electron chi connectivity index (χ2n) is 8.36. The van der Waals surface area contributed by atoms with Crippen LogP contribution in [-0.4, -0.2) is 24.8 Å². The van der Waals surface area contributed by atoms with Crippen LogP contribution in [0, 0.1) is 17.3 Å². The molecule has 1 N–H and O–H groups in total. The minimum atomic E-state index is 0.125. The van der Waals surface area contributed by atoms with E-state index in [1.807, 2.05) is 0 Å². The van der Waals surface area contributed by atoms with Crippen LogP contribution in [0.15, 0.2) is 0 Å². The molecule has 2 nitrogen and oxygen atoms in total. The quantitative estimate of drug-likeness (QED) is 0.738. The van der Waals surface area contributed by atoms with Gasteiger partial charge in [-0.15, -0.1) is 0 Å². The molecule has 2 aliphatic carbocycles. The summed E-state index contributed by atoms with van der Waals surface area (Å²) >= 11 is 0. The SMILES string of the molecule is CCCNCC1(CC2CCC(C)(C)O2)CC2CCC1C2. The first-order valence-corrected chi connectivity index (χ1v) is 8.91. The number of rotatable bonds is 6. The minimum Gasteiger partial charge on any atom is -0.372 e. The van der Waals surface area contributed by atoms with Crippen molar-refractivity contribution in [3.63, 3.8) is 0 Å². The van der Waals surface area contributed by atoms with E-state index in [0.717, 1.165) is 11.8 Å². The number of hydrogen-bond donors (Lipinski definition) is 1. The lowest BCUT2D eigenvalue weighted by Gasteiger charge is -2.40. The van der Waals surface area contributed by atoms with E-state index < -0.39 is 0 Å². The van der Waals surface area contributed by atoms with E-state index in [0.29, 0.717) is 11.5 Å². The number of ether oxygens (including phenoxy) is 1. The number of nitrogens with one attached hydrogen (secondary N) is 1. The molecule has 0 amide bonds. The number of fused-ring (bicyclic) bond motifs is 2. The van der Waals surface area contributed by atoms with Crippen LogP contribution in [0.25, 0.3) is 0 Å². The molecule has 116 valence electrons. The Hall–Kier alpha value is -0.0800. The van der Waals surface area contributed by atoms with Gasteiger partial charge in [-0.2, -0.15) is 0 Å². The standard InChI is InChI=1S/C18H33NO/c1-4-9-19-13-18(11-14-5-6-15(18)10-14)12-16-7-8-17(2,3)20-16/h14-16,19H,4-13H2,1-3H3. The molecule has 3 aliphatic rings. The highest BCUT2D eigenvalue weighted by Gasteiger charge is 2.52. The van der Waals surface area contributed by atoms with Crippen molar-refractivity contribution in [3.8, 4) is 0 Å². The largest absolute Gasteiger partial charge is 0.372 e. The van der Waals surface area contributed by atoms with E-state index in [-0.39, 0.29) is 5.60 Å². The molecule has 1 heterocycles. The third kappa shape index (κ3) is 2.92. The first-order chi connectivity index (χ1) is 9.53. The van der Waals surface area contributed by atoms with Crippen LogP contribution in [0.4, 0.5) is 0 Å². The van der Waals surface area contributed by atoms with Crippen molar-refractivity contribution in [2.24, 2.45) is 17.3 Å². The lowest BCUT2D eigenvalue weighted by molar-refractivity contribution is -0.0441. The Kier molecular flexibility index (Phi) is 4.16. The number of hydrogen-bond acceptors (Lipinski definition) is 2. The van der Waals surface area contributed by atoms with Crippen molar-refractivity contribution in [1.82, 2.24) is 5.32 Å². The van der Waals surface area contributed by atoms with Crippen molar-refractivity contribution >= 4 is 0 Å². The Morgan fingerprint density at radius 3 is 2.60 bits per heavy atom. The highest BCUT2D eigenvalue weighted by atomic mass is 16.5. The average molecular weight is 279 g/mol. The van der Waals surface area contributed by atoms with Gasteiger partial charge in [-0.05, 0) is 82.6 Å². The normalized spacial score (nSPS) is 42.5. The summed E-state index contributed by atoms with van der Waals surface area (Å²) < 4.78 is 6.32. The molecular formula is C18H33NO. The third-order valence-electron chi connectivity index (χ3n) is 6.19. The molecule has 1 aliphatic heterocycles. The second kappa shape index (κ2) is 5.61. The fraction of sp³-hybridized carbons (Fsp3) is 1.00. The average Bonchev–Trinajstić information content (AvgIpc) is 3.05. The van der Waals surface area contributed by atoms with Gasteiger partial charge in [-0.3, -0.25) is 0 Å². The first kappa shape index (κ1) is 14.8. The Labute approximate surface area is 125 Å². The van der Waals surface area contributed by atoms with Crippen LogP contribution in [0.3, 0.4) is 0 Å². The molecule has 0 aromatic carbocycles. The predicted octanol–water partition coefficient (Wildman–Crippen LogP) is 4.14. The van der Waals surface area contributed by atoms with Gasteiger partial charge in [-0.25, -0.2) is 0 Å². The summed E-state index contributed by atoms with van der Waals surface area (Å²) in [5.41, 5.74) is 0.684.